The van der Waals surface area contributed by atoms with Gasteiger partial charge in [0.15, 0.2) is 0 Å². The number of hydrogen-bond donors (Lipinski definition) is 0. The molecule has 1 heterocycles. The molecule has 1 nitrogen and oxygen atoms in total. The predicted molar refractivity (Wildman–Crippen MR) is 34.2 cm³/mol. The minimum Gasteiger partial charge on any atom is -0.244 e. The summed E-state index contributed by atoms with van der Waals surface area (Å²) < 4.78 is 36.3. The Morgan fingerprint density at radius 2 is 2.09 bits per heavy atom. The van der Waals surface area contributed by atoms with E-state index in [2.05, 4.69) is 4.98 Å². The van der Waals surface area contributed by atoms with Crippen LogP contribution in [0, 0.1) is 5.82 Å². The van der Waals surface area contributed by atoms with E-state index >= 15 is 0 Å². The molecule has 0 atom stereocenters. The smallest absolute Gasteiger partial charge is 0.244 e. The van der Waals surface area contributed by atoms with Gasteiger partial charge in [0, 0.05) is 6.20 Å². The molecule has 11 heavy (non-hydrogen) atoms. The molecule has 1 aromatic rings. The maximum atomic E-state index is 12.5. The topological polar surface area (TPSA) is 12.9 Å². The van der Waals surface area contributed by atoms with Crippen molar-refractivity contribution >= 4 is 11.6 Å². The van der Waals surface area contributed by atoms with Gasteiger partial charge in [-0.3, -0.25) is 0 Å². The van der Waals surface area contributed by atoms with E-state index in [0.29, 0.717) is 0 Å². The maximum Gasteiger partial charge on any atom is 0.269 e. The first-order chi connectivity index (χ1) is 5.13. The lowest BCUT2D eigenvalue weighted by atomic mass is 10.3. The zero-order valence-corrected chi connectivity index (χ0v) is 5.95. The summed E-state index contributed by atoms with van der Waals surface area (Å²) in [4.78, 5) is 3.31. The van der Waals surface area contributed by atoms with E-state index in [0.717, 1.165) is 12.3 Å². The minimum absolute atomic E-state index is 0.486. The van der Waals surface area contributed by atoms with Crippen LogP contribution >= 0.6 is 11.6 Å². The van der Waals surface area contributed by atoms with Gasteiger partial charge in [0.2, 0.25) is 0 Å². The zero-order valence-electron chi connectivity index (χ0n) is 5.19. The van der Waals surface area contributed by atoms with Gasteiger partial charge < -0.3 is 0 Å². The summed E-state index contributed by atoms with van der Waals surface area (Å²) in [6, 6.07) is 0.841. The van der Waals surface area contributed by atoms with Crippen LogP contribution in [0.3, 0.4) is 0 Å². The Bertz CT molecular complexity index is 244. The van der Waals surface area contributed by atoms with Gasteiger partial charge in [-0.05, 0) is 6.07 Å². The molecule has 0 unspecified atom stereocenters. The summed E-state index contributed by atoms with van der Waals surface area (Å²) in [6.45, 7) is 0. The highest BCUT2D eigenvalue weighted by Crippen LogP contribution is 2.27. The van der Waals surface area contributed by atoms with Gasteiger partial charge in [0.05, 0.1) is 5.56 Å². The summed E-state index contributed by atoms with van der Waals surface area (Å²) in [7, 11) is 0. The third kappa shape index (κ3) is 1.63. The lowest BCUT2D eigenvalue weighted by Gasteiger charge is -2.01. The van der Waals surface area contributed by atoms with Crippen molar-refractivity contribution in [1.29, 1.82) is 0 Å². The molecule has 60 valence electrons. The Labute approximate surface area is 65.8 Å². The summed E-state index contributed by atoms with van der Waals surface area (Å²) >= 11 is 5.19. The van der Waals surface area contributed by atoms with Gasteiger partial charge in [0.1, 0.15) is 11.0 Å². The highest BCUT2D eigenvalue weighted by molar-refractivity contribution is 6.30. The van der Waals surface area contributed by atoms with Crippen LogP contribution in [0.4, 0.5) is 13.2 Å². The Balaban J connectivity index is 3.21. The van der Waals surface area contributed by atoms with Crippen molar-refractivity contribution in [3.05, 3.63) is 28.8 Å². The highest BCUT2D eigenvalue weighted by atomic mass is 35.5. The van der Waals surface area contributed by atoms with Crippen LogP contribution in [-0.4, -0.2) is 4.98 Å². The summed E-state index contributed by atoms with van der Waals surface area (Å²) in [5.74, 6) is -1.03. The minimum atomic E-state index is -2.92. The molecular weight excluding hydrogens is 179 g/mol. The number of alkyl halides is 2. The number of rotatable bonds is 1. The molecule has 0 bridgehead atoms. The average Bonchev–Trinajstić information content (AvgIpc) is 1.85. The standard InChI is InChI=1S/C6H3ClF3N/c7-5-4(6(9)10)3(8)1-2-11-5/h1-2,6H. The zero-order chi connectivity index (χ0) is 8.43. The Morgan fingerprint density at radius 1 is 1.45 bits per heavy atom. The molecule has 0 spiro atoms. The Hall–Kier alpha value is -0.770. The Morgan fingerprint density at radius 3 is 2.45 bits per heavy atom. The molecule has 0 radical (unpaired) electrons. The van der Waals surface area contributed by atoms with Crippen molar-refractivity contribution < 1.29 is 13.2 Å². The van der Waals surface area contributed by atoms with E-state index in [-0.39, 0.29) is 0 Å². The number of nitrogens with zero attached hydrogens (tertiary/aromatic N) is 1. The number of aromatic nitrogens is 1. The molecule has 1 rings (SSSR count). The molecule has 0 N–H and O–H groups in total. The molecule has 1 aromatic heterocycles. The molecule has 0 aliphatic carbocycles. The van der Waals surface area contributed by atoms with E-state index in [1.54, 1.807) is 0 Å². The second-order valence-corrected chi connectivity index (χ2v) is 2.16. The van der Waals surface area contributed by atoms with Crippen LogP contribution < -0.4 is 0 Å². The van der Waals surface area contributed by atoms with Gasteiger partial charge in [-0.25, -0.2) is 18.2 Å². The fourth-order valence-electron chi connectivity index (χ4n) is 0.620. The van der Waals surface area contributed by atoms with E-state index in [1.807, 2.05) is 0 Å². The lowest BCUT2D eigenvalue weighted by Crippen LogP contribution is -1.93. The van der Waals surface area contributed by atoms with Crippen LogP contribution in [0.1, 0.15) is 12.0 Å². The summed E-state index contributed by atoms with van der Waals surface area (Å²) in [6.07, 6.45) is -1.89. The fraction of sp³-hybridized carbons (Fsp3) is 0.167. The van der Waals surface area contributed by atoms with Gasteiger partial charge in [-0.1, -0.05) is 11.6 Å². The van der Waals surface area contributed by atoms with Crippen LogP contribution in [0.25, 0.3) is 0 Å². The van der Waals surface area contributed by atoms with E-state index in [9.17, 15) is 13.2 Å². The van der Waals surface area contributed by atoms with Crippen molar-refractivity contribution in [1.82, 2.24) is 4.98 Å². The van der Waals surface area contributed by atoms with Crippen molar-refractivity contribution in [2.45, 2.75) is 6.43 Å². The second kappa shape index (κ2) is 3.09. The Kier molecular flexibility index (Phi) is 2.34. The maximum absolute atomic E-state index is 12.5. The first-order valence-electron chi connectivity index (χ1n) is 2.71. The molecular formula is C6H3ClF3N. The molecule has 0 aromatic carbocycles. The SMILES string of the molecule is Fc1ccnc(Cl)c1C(F)F. The van der Waals surface area contributed by atoms with Crippen molar-refractivity contribution in [2.75, 3.05) is 0 Å². The molecule has 0 aliphatic heterocycles. The third-order valence-corrected chi connectivity index (χ3v) is 1.41. The quantitative estimate of drug-likeness (QED) is 0.607. The monoisotopic (exact) mass is 181 g/mol. The molecule has 0 saturated heterocycles. The largest absolute Gasteiger partial charge is 0.269 e. The van der Waals surface area contributed by atoms with Crippen LogP contribution in [0.5, 0.6) is 0 Å². The van der Waals surface area contributed by atoms with Crippen LogP contribution in [0.2, 0.25) is 5.15 Å². The highest BCUT2D eigenvalue weighted by Gasteiger charge is 2.17. The summed E-state index contributed by atoms with van der Waals surface area (Å²) in [5, 5.41) is -0.486. The predicted octanol–water partition coefficient (Wildman–Crippen LogP) is 2.81. The molecule has 5 heteroatoms. The molecule has 0 saturated carbocycles. The normalized spacial score (nSPS) is 10.6. The van der Waals surface area contributed by atoms with Crippen molar-refractivity contribution in [3.8, 4) is 0 Å². The van der Waals surface area contributed by atoms with Crippen LogP contribution in [0.15, 0.2) is 12.3 Å². The number of halogens is 4. The molecule has 0 fully saturated rings. The number of pyridine rings is 1. The second-order valence-electron chi connectivity index (χ2n) is 1.80. The van der Waals surface area contributed by atoms with E-state index in [1.165, 1.54) is 0 Å². The number of hydrogen-bond acceptors (Lipinski definition) is 1. The van der Waals surface area contributed by atoms with Gasteiger partial charge in [0.25, 0.3) is 6.43 Å². The first-order valence-corrected chi connectivity index (χ1v) is 3.08. The third-order valence-electron chi connectivity index (χ3n) is 1.11. The fourth-order valence-corrected chi connectivity index (χ4v) is 0.849. The van der Waals surface area contributed by atoms with E-state index < -0.39 is 23.0 Å². The van der Waals surface area contributed by atoms with Gasteiger partial charge in [-0.2, -0.15) is 0 Å². The molecule has 0 amide bonds. The first kappa shape index (κ1) is 8.33. The van der Waals surface area contributed by atoms with Gasteiger partial charge in [-0.15, -0.1) is 0 Å². The molecule has 0 aliphatic rings. The van der Waals surface area contributed by atoms with Crippen molar-refractivity contribution in [3.63, 3.8) is 0 Å². The van der Waals surface area contributed by atoms with Gasteiger partial charge >= 0.3 is 0 Å². The van der Waals surface area contributed by atoms with Crippen LogP contribution in [-0.2, 0) is 0 Å². The summed E-state index contributed by atoms with van der Waals surface area (Å²) in [5.41, 5.74) is -0.839. The lowest BCUT2D eigenvalue weighted by molar-refractivity contribution is 0.146. The van der Waals surface area contributed by atoms with Crippen molar-refractivity contribution in [2.24, 2.45) is 0 Å². The van der Waals surface area contributed by atoms with E-state index in [4.69, 9.17) is 11.6 Å². The average molecular weight is 182 g/mol.